The van der Waals surface area contributed by atoms with Crippen LogP contribution in [0.15, 0.2) is 0 Å². The number of rotatable bonds is 32. The lowest BCUT2D eigenvalue weighted by atomic mass is 9.98. The van der Waals surface area contributed by atoms with Gasteiger partial charge in [-0.2, -0.15) is 0 Å². The Kier molecular flexibility index (Phi) is 27.8. The molecule has 11 amide bonds. The molecule has 1 aliphatic heterocycles. The summed E-state index contributed by atoms with van der Waals surface area (Å²) in [5.41, 5.74) is 16.4. The normalized spacial score (nSPS) is 16.8. The average Bonchev–Trinajstić information content (AvgIpc) is 3.77. The van der Waals surface area contributed by atoms with Crippen molar-refractivity contribution in [2.24, 2.45) is 52.7 Å². The molecule has 0 unspecified atom stereocenters. The molecule has 1 rings (SSSR count). The molecule has 0 aromatic carbocycles. The molecule has 0 aliphatic carbocycles. The smallest absolute Gasteiger partial charge is 0.326 e. The number of hydrogen-bond donors (Lipinski definition) is 12. The van der Waals surface area contributed by atoms with E-state index in [1.807, 2.05) is 13.8 Å². The third kappa shape index (κ3) is 23.2. The van der Waals surface area contributed by atoms with E-state index in [1.54, 1.807) is 69.2 Å². The Hall–Kier alpha value is -6.40. The summed E-state index contributed by atoms with van der Waals surface area (Å²) in [6.07, 6.45) is -0.125. The van der Waals surface area contributed by atoms with Gasteiger partial charge in [0.05, 0.1) is 25.4 Å². The summed E-state index contributed by atoms with van der Waals surface area (Å²) in [5.74, 6) is -11.5. The fourth-order valence-corrected chi connectivity index (χ4v) is 8.18. The Morgan fingerprint density at radius 3 is 1.36 bits per heavy atom. The van der Waals surface area contributed by atoms with E-state index in [9.17, 15) is 62.6 Å². The van der Waals surface area contributed by atoms with Gasteiger partial charge in [-0.3, -0.25) is 52.7 Å². The van der Waals surface area contributed by atoms with Crippen molar-refractivity contribution in [3.63, 3.8) is 0 Å². The highest BCUT2D eigenvalue weighted by Gasteiger charge is 2.41. The van der Waals surface area contributed by atoms with Gasteiger partial charge in [-0.05, 0) is 74.0 Å². The summed E-state index contributed by atoms with van der Waals surface area (Å²) in [5, 5.41) is 30.1. The SMILES string of the molecule is CC(C)C[C@H](NC(=O)[C@H](CC(C)C)NC(=O)[C@H](CC(C)C)NC(=O)CNC(=O)[C@H](CC(N)=O)NC(=O)[C@H](CC(C)C)NC(=O)[C@@H]1CCCN1C(=O)[C@@H](NC(=O)[C@@H](NC(=O)[C@@H](N)CC(N)=O)C(C)C)C(C)C)C(=O)O. The zero-order chi connectivity index (χ0) is 56.9. The molecule has 0 radical (unpaired) electrons. The molecule has 1 fully saturated rings. The first-order valence-electron chi connectivity index (χ1n) is 25.5. The maximum Gasteiger partial charge on any atom is 0.326 e. The molecule has 0 spiro atoms. The molecule has 25 heteroatoms. The van der Waals surface area contributed by atoms with E-state index in [1.165, 1.54) is 4.90 Å². The van der Waals surface area contributed by atoms with E-state index in [0.717, 1.165) is 0 Å². The van der Waals surface area contributed by atoms with Crippen LogP contribution in [0, 0.1) is 35.5 Å². The van der Waals surface area contributed by atoms with Crippen LogP contribution in [-0.4, -0.2) is 148 Å². The number of hydrogen-bond acceptors (Lipinski definition) is 13. The van der Waals surface area contributed by atoms with Gasteiger partial charge in [0.2, 0.25) is 65.0 Å². The average molecular weight is 1050 g/mol. The third-order valence-electron chi connectivity index (χ3n) is 11.9. The molecular formula is C49H86N12O13. The van der Waals surface area contributed by atoms with Crippen molar-refractivity contribution in [1.82, 2.24) is 47.4 Å². The van der Waals surface area contributed by atoms with Crippen LogP contribution in [0.2, 0.25) is 0 Å². The summed E-state index contributed by atoms with van der Waals surface area (Å²) in [4.78, 5) is 159. The van der Waals surface area contributed by atoms with E-state index in [2.05, 4.69) is 42.5 Å². The van der Waals surface area contributed by atoms with E-state index >= 15 is 0 Å². The van der Waals surface area contributed by atoms with Gasteiger partial charge in [0.25, 0.3) is 0 Å². The summed E-state index contributed by atoms with van der Waals surface area (Å²) >= 11 is 0. The van der Waals surface area contributed by atoms with Gasteiger partial charge in [0.15, 0.2) is 0 Å². The Morgan fingerprint density at radius 2 is 0.919 bits per heavy atom. The molecule has 0 aromatic heterocycles. The second-order valence-corrected chi connectivity index (χ2v) is 21.5. The van der Waals surface area contributed by atoms with Crippen molar-refractivity contribution < 1.29 is 62.6 Å². The van der Waals surface area contributed by atoms with Crippen molar-refractivity contribution in [3.05, 3.63) is 0 Å². The second-order valence-electron chi connectivity index (χ2n) is 21.5. The monoisotopic (exact) mass is 1050 g/mol. The van der Waals surface area contributed by atoms with Crippen molar-refractivity contribution in [1.29, 1.82) is 0 Å². The van der Waals surface area contributed by atoms with Crippen molar-refractivity contribution >= 4 is 70.9 Å². The number of carboxylic acid groups (broad SMARTS) is 1. The lowest BCUT2D eigenvalue weighted by Crippen LogP contribution is -2.61. The van der Waals surface area contributed by atoms with Crippen LogP contribution in [0.5, 0.6) is 0 Å². The third-order valence-corrected chi connectivity index (χ3v) is 11.9. The van der Waals surface area contributed by atoms with Crippen LogP contribution >= 0.6 is 0 Å². The number of carboxylic acids is 1. The summed E-state index contributed by atoms with van der Waals surface area (Å²) in [7, 11) is 0. The Labute approximate surface area is 434 Å². The molecule has 0 aromatic rings. The van der Waals surface area contributed by atoms with Crippen LogP contribution in [0.4, 0.5) is 0 Å². The minimum atomic E-state index is -1.63. The summed E-state index contributed by atoms with van der Waals surface area (Å²) < 4.78 is 0. The van der Waals surface area contributed by atoms with Crippen molar-refractivity contribution in [2.75, 3.05) is 13.1 Å². The van der Waals surface area contributed by atoms with Gasteiger partial charge in [-0.25, -0.2) is 4.79 Å². The number of nitrogens with one attached hydrogen (secondary N) is 8. The summed E-state index contributed by atoms with van der Waals surface area (Å²) in [6, 6.07) is -11.2. The zero-order valence-electron chi connectivity index (χ0n) is 45.3. The number of primary amides is 2. The molecule has 420 valence electrons. The van der Waals surface area contributed by atoms with Gasteiger partial charge in [-0.15, -0.1) is 0 Å². The molecule has 1 aliphatic rings. The number of carbonyl (C=O) groups is 12. The Bertz CT molecular complexity index is 2000. The molecule has 15 N–H and O–H groups in total. The van der Waals surface area contributed by atoms with Crippen LogP contribution < -0.4 is 59.7 Å². The number of carbonyl (C=O) groups excluding carboxylic acids is 11. The highest BCUT2D eigenvalue weighted by molar-refractivity contribution is 5.99. The molecule has 74 heavy (non-hydrogen) atoms. The molecule has 0 saturated carbocycles. The highest BCUT2D eigenvalue weighted by atomic mass is 16.4. The van der Waals surface area contributed by atoms with Crippen LogP contribution in [0.25, 0.3) is 0 Å². The standard InChI is InChI=1S/C49H86N12O13/c1-23(2)16-30(43(67)55-31(17-24(3)4)45(69)58-34(49(73)74)19-26(7)8)54-38(64)22-53-42(66)33(21-37(52)63)56-44(68)32(18-25(5)6)57-46(70)35-14-13-15-61(35)48(72)40(28(11)12)60-47(71)39(27(9)10)59-41(65)29(50)20-36(51)62/h23-35,39-40H,13-22,50H2,1-12H3,(H2,51,62)(H2,52,63)(H,53,66)(H,54,64)(H,55,67)(H,56,68)(H,57,70)(H,58,69)(H,59,65)(H,60,71)(H,73,74)/t29-,30-,31-,32-,33-,34-,35-,39-,40-/m0/s1. The number of likely N-dealkylation sites (tertiary alicyclic amines) is 1. The van der Waals surface area contributed by atoms with Gasteiger partial charge in [-0.1, -0.05) is 83.1 Å². The maximum absolute atomic E-state index is 14.2. The molecule has 0 bridgehead atoms. The molecular weight excluding hydrogens is 965 g/mol. The topological polar surface area (TPSA) is 403 Å². The van der Waals surface area contributed by atoms with Crippen molar-refractivity contribution in [2.45, 2.75) is 189 Å². The van der Waals surface area contributed by atoms with Crippen molar-refractivity contribution in [3.8, 4) is 0 Å². The number of amides is 11. The fourth-order valence-electron chi connectivity index (χ4n) is 8.18. The summed E-state index contributed by atoms with van der Waals surface area (Å²) in [6.45, 7) is 20.4. The largest absolute Gasteiger partial charge is 0.480 e. The number of aliphatic carboxylic acids is 1. The molecule has 1 saturated heterocycles. The highest BCUT2D eigenvalue weighted by Crippen LogP contribution is 2.22. The predicted molar refractivity (Wildman–Crippen MR) is 272 cm³/mol. The van der Waals surface area contributed by atoms with Gasteiger partial charge < -0.3 is 69.7 Å². The van der Waals surface area contributed by atoms with Crippen LogP contribution in [0.3, 0.4) is 0 Å². The van der Waals surface area contributed by atoms with Gasteiger partial charge in [0, 0.05) is 6.54 Å². The minimum Gasteiger partial charge on any atom is -0.480 e. The first-order chi connectivity index (χ1) is 34.2. The lowest BCUT2D eigenvalue weighted by Gasteiger charge is -2.33. The van der Waals surface area contributed by atoms with Crippen LogP contribution in [-0.2, 0) is 57.5 Å². The second kappa shape index (κ2) is 31.4. The first kappa shape index (κ1) is 65.6. The zero-order valence-corrected chi connectivity index (χ0v) is 45.3. The number of nitrogens with two attached hydrogens (primary N) is 3. The minimum absolute atomic E-state index is 0.0404. The molecule has 1 heterocycles. The van der Waals surface area contributed by atoms with E-state index in [4.69, 9.17) is 17.2 Å². The van der Waals surface area contributed by atoms with E-state index in [0.29, 0.717) is 6.42 Å². The maximum atomic E-state index is 14.2. The predicted octanol–water partition coefficient (Wildman–Crippen LogP) is -1.85. The quantitative estimate of drug-likeness (QED) is 0.0352. The fraction of sp³-hybridized carbons (Fsp3) is 0.755. The van der Waals surface area contributed by atoms with Gasteiger partial charge in [0.1, 0.15) is 48.3 Å². The first-order valence-corrected chi connectivity index (χ1v) is 25.5. The molecule has 9 atom stereocenters. The Morgan fingerprint density at radius 1 is 0.500 bits per heavy atom. The van der Waals surface area contributed by atoms with Crippen LogP contribution in [0.1, 0.15) is 134 Å². The molecule has 25 nitrogen and oxygen atoms in total. The van der Waals surface area contributed by atoms with E-state index < -0.39 is 157 Å². The lowest BCUT2D eigenvalue weighted by molar-refractivity contribution is -0.143. The van der Waals surface area contributed by atoms with E-state index in [-0.39, 0.29) is 62.3 Å². The Balaban J connectivity index is 3.23. The van der Waals surface area contributed by atoms with Gasteiger partial charge >= 0.3 is 5.97 Å². The number of nitrogens with zero attached hydrogens (tertiary/aromatic N) is 1.